The monoisotopic (exact) mass is 553 g/mol. The van der Waals surface area contributed by atoms with Crippen LogP contribution in [0.15, 0.2) is 72.8 Å². The topological polar surface area (TPSA) is 107 Å². The molecular weight excluding hydrogens is 514 g/mol. The number of hydrogen-bond acceptors (Lipinski definition) is 5. The third-order valence-corrected chi connectivity index (χ3v) is 8.23. The van der Waals surface area contributed by atoms with Gasteiger partial charge in [-0.15, -0.1) is 0 Å². The molecule has 9 heteroatoms. The number of hydrogen-bond donors (Lipinski definition) is 2. The Labute approximate surface area is 231 Å². The molecule has 0 bridgehead atoms. The largest absolute Gasteiger partial charge is 0.389 e. The summed E-state index contributed by atoms with van der Waals surface area (Å²) >= 11 is 0. The lowest BCUT2D eigenvalue weighted by atomic mass is 9.94. The second kappa shape index (κ2) is 12.8. The Hall–Kier alpha value is -3.17. The van der Waals surface area contributed by atoms with E-state index in [9.17, 15) is 23.1 Å². The van der Waals surface area contributed by atoms with E-state index in [0.29, 0.717) is 32.5 Å². The molecule has 1 aliphatic heterocycles. The quantitative estimate of drug-likeness (QED) is 0.346. The first-order valence-electron chi connectivity index (χ1n) is 13.6. The van der Waals surface area contributed by atoms with Crippen molar-refractivity contribution in [3.8, 4) is 0 Å². The van der Waals surface area contributed by atoms with Crippen LogP contribution in [0.5, 0.6) is 0 Å². The lowest BCUT2D eigenvalue weighted by Crippen LogP contribution is -2.35. The molecule has 0 spiro atoms. The van der Waals surface area contributed by atoms with E-state index >= 15 is 0 Å². The van der Waals surface area contributed by atoms with E-state index in [0.717, 1.165) is 43.1 Å². The zero-order chi connectivity index (χ0) is 27.9. The predicted octanol–water partition coefficient (Wildman–Crippen LogP) is 3.87. The summed E-state index contributed by atoms with van der Waals surface area (Å²) in [5, 5.41) is 10.6. The second-order valence-corrected chi connectivity index (χ2v) is 12.7. The van der Waals surface area contributed by atoms with Crippen LogP contribution in [0.25, 0.3) is 0 Å². The molecule has 2 aliphatic rings. The molecule has 1 saturated heterocycles. The van der Waals surface area contributed by atoms with Gasteiger partial charge in [-0.05, 0) is 48.6 Å². The number of sulfonamides is 1. The smallest absolute Gasteiger partial charge is 0.320 e. The molecule has 4 rings (SSSR count). The van der Waals surface area contributed by atoms with Crippen molar-refractivity contribution in [3.05, 3.63) is 83.9 Å². The van der Waals surface area contributed by atoms with Crippen molar-refractivity contribution in [2.24, 2.45) is 5.41 Å². The highest BCUT2D eigenvalue weighted by Crippen LogP contribution is 2.53. The molecule has 1 heterocycles. The minimum absolute atomic E-state index is 0.0107. The van der Waals surface area contributed by atoms with Crippen LogP contribution < -0.4 is 4.72 Å². The maximum absolute atomic E-state index is 13.4. The molecule has 1 saturated carbocycles. The molecule has 3 amide bonds. The zero-order valence-electron chi connectivity index (χ0n) is 22.5. The Bertz CT molecular complexity index is 1250. The van der Waals surface area contributed by atoms with Crippen molar-refractivity contribution < 1.29 is 23.1 Å². The first kappa shape index (κ1) is 28.8. The molecule has 39 heavy (non-hydrogen) atoms. The lowest BCUT2D eigenvalue weighted by Gasteiger charge is -2.23. The molecule has 0 radical (unpaired) electrons. The molecule has 2 aromatic carbocycles. The highest BCUT2D eigenvalue weighted by Gasteiger charge is 2.42. The molecule has 1 aliphatic carbocycles. The van der Waals surface area contributed by atoms with Gasteiger partial charge in [0.05, 0.1) is 18.4 Å². The molecule has 0 aromatic heterocycles. The van der Waals surface area contributed by atoms with Crippen molar-refractivity contribution in [3.63, 3.8) is 0 Å². The van der Waals surface area contributed by atoms with Crippen molar-refractivity contribution in [1.82, 2.24) is 14.5 Å². The number of carbonyl (C=O) groups is 2. The summed E-state index contributed by atoms with van der Waals surface area (Å²) in [5.74, 6) is -0.464. The van der Waals surface area contributed by atoms with E-state index in [1.54, 1.807) is 6.08 Å². The van der Waals surface area contributed by atoms with Gasteiger partial charge in [-0.3, -0.25) is 9.52 Å². The van der Waals surface area contributed by atoms with Gasteiger partial charge in [0.2, 0.25) is 15.9 Å². The molecular formula is C30H39N3O5S. The normalized spacial score (nSPS) is 19.4. The summed E-state index contributed by atoms with van der Waals surface area (Å²) in [4.78, 5) is 29.1. The van der Waals surface area contributed by atoms with Crippen LogP contribution in [0.2, 0.25) is 0 Å². The Morgan fingerprint density at radius 3 is 2.33 bits per heavy atom. The summed E-state index contributed by atoms with van der Waals surface area (Å²) in [6.45, 7) is 1.68. The fourth-order valence-corrected chi connectivity index (χ4v) is 5.85. The van der Waals surface area contributed by atoms with E-state index in [4.69, 9.17) is 0 Å². The molecule has 2 aromatic rings. The van der Waals surface area contributed by atoms with Gasteiger partial charge in [0.25, 0.3) is 0 Å². The van der Waals surface area contributed by atoms with Crippen LogP contribution in [0.4, 0.5) is 4.79 Å². The number of carbonyl (C=O) groups excluding carboxylic acids is 2. The summed E-state index contributed by atoms with van der Waals surface area (Å²) in [6, 6.07) is 19.6. The second-order valence-electron chi connectivity index (χ2n) is 11.0. The van der Waals surface area contributed by atoms with Crippen molar-refractivity contribution in [1.29, 1.82) is 0 Å². The van der Waals surface area contributed by atoms with Crippen molar-refractivity contribution >= 4 is 22.0 Å². The third kappa shape index (κ3) is 8.93. The van der Waals surface area contributed by atoms with Crippen LogP contribution in [0.3, 0.4) is 0 Å². The van der Waals surface area contributed by atoms with E-state index in [1.165, 1.54) is 0 Å². The first-order valence-corrected chi connectivity index (χ1v) is 15.5. The number of amides is 3. The van der Waals surface area contributed by atoms with Crippen LogP contribution in [0.1, 0.15) is 49.7 Å². The number of urea groups is 1. The van der Waals surface area contributed by atoms with Gasteiger partial charge in [0.1, 0.15) is 0 Å². The van der Waals surface area contributed by atoms with Gasteiger partial charge in [-0.2, -0.15) is 0 Å². The van der Waals surface area contributed by atoms with E-state index in [1.807, 2.05) is 81.3 Å². The van der Waals surface area contributed by atoms with E-state index in [-0.39, 0.29) is 23.9 Å². The summed E-state index contributed by atoms with van der Waals surface area (Å²) in [5.41, 5.74) is 2.18. The number of aliphatic hydroxyl groups excluding tert-OH is 1. The van der Waals surface area contributed by atoms with Gasteiger partial charge in [-0.25, -0.2) is 13.2 Å². The van der Waals surface area contributed by atoms with Crippen LogP contribution in [-0.4, -0.2) is 66.8 Å². The highest BCUT2D eigenvalue weighted by atomic mass is 32.2. The Morgan fingerprint density at radius 2 is 1.72 bits per heavy atom. The Balaban J connectivity index is 1.35. The van der Waals surface area contributed by atoms with Gasteiger partial charge in [-0.1, -0.05) is 72.8 Å². The summed E-state index contributed by atoms with van der Waals surface area (Å²) < 4.78 is 24.6. The maximum Gasteiger partial charge on any atom is 0.320 e. The summed E-state index contributed by atoms with van der Waals surface area (Å²) in [7, 11) is -3.54. The molecule has 1 unspecified atom stereocenters. The molecule has 8 nitrogen and oxygen atoms in total. The number of benzene rings is 2. The van der Waals surface area contributed by atoms with Gasteiger partial charge in [0, 0.05) is 32.5 Å². The zero-order valence-corrected chi connectivity index (χ0v) is 23.4. The fourth-order valence-electron chi connectivity index (χ4n) is 5.33. The molecule has 2 N–H and O–H groups in total. The standard InChI is InChI=1S/C30H39N3O5S/c1-39(37,38)31-28(35)15-17-30(18-19-30)16-8-20-33-26(13-14-27(34)21-24-9-4-2-5-10-24)23-32(29(33)36)22-25-11-6-3-7-12-25/h2-7,9-14,26-27,34H,8,15-23H2,1H3,(H,31,35)/b14-13+/t26-,27?/m0/s1. The Morgan fingerprint density at radius 1 is 1.08 bits per heavy atom. The average molecular weight is 554 g/mol. The number of nitrogens with zero attached hydrogens (tertiary/aromatic N) is 2. The highest BCUT2D eigenvalue weighted by molar-refractivity contribution is 7.89. The maximum atomic E-state index is 13.4. The summed E-state index contributed by atoms with van der Waals surface area (Å²) in [6.07, 6.45) is 9.17. The van der Waals surface area contributed by atoms with Gasteiger partial charge >= 0.3 is 6.03 Å². The van der Waals surface area contributed by atoms with Crippen LogP contribution in [0, 0.1) is 5.41 Å². The minimum Gasteiger partial charge on any atom is -0.389 e. The fraction of sp³-hybridized carbons (Fsp3) is 0.467. The van der Waals surface area contributed by atoms with E-state index < -0.39 is 22.0 Å². The minimum atomic E-state index is -3.54. The van der Waals surface area contributed by atoms with Crippen molar-refractivity contribution in [2.75, 3.05) is 19.3 Å². The van der Waals surface area contributed by atoms with Gasteiger partial charge < -0.3 is 14.9 Å². The third-order valence-electron chi connectivity index (χ3n) is 7.63. The van der Waals surface area contributed by atoms with E-state index in [2.05, 4.69) is 0 Å². The molecule has 2 atom stereocenters. The van der Waals surface area contributed by atoms with Gasteiger partial charge in [0.15, 0.2) is 0 Å². The van der Waals surface area contributed by atoms with Crippen LogP contribution >= 0.6 is 0 Å². The average Bonchev–Trinajstić information content (AvgIpc) is 3.61. The van der Waals surface area contributed by atoms with Crippen LogP contribution in [-0.2, 0) is 27.8 Å². The number of aliphatic hydroxyl groups is 1. The predicted molar refractivity (Wildman–Crippen MR) is 151 cm³/mol. The molecule has 2 fully saturated rings. The number of rotatable bonds is 14. The lowest BCUT2D eigenvalue weighted by molar-refractivity contribution is -0.119. The molecule has 210 valence electrons. The van der Waals surface area contributed by atoms with Crippen molar-refractivity contribution in [2.45, 2.75) is 63.6 Å². The number of nitrogens with one attached hydrogen (secondary N) is 1. The Kier molecular flexibility index (Phi) is 9.45. The SMILES string of the molecule is CS(=O)(=O)NC(=O)CCC1(CCCN2C(=O)N(Cc3ccccc3)C[C@@H]2/C=C/C(O)Cc2ccccc2)CC1. The first-order chi connectivity index (χ1) is 18.6.